The van der Waals surface area contributed by atoms with E-state index in [2.05, 4.69) is 41.0 Å². The van der Waals surface area contributed by atoms with E-state index >= 15 is 0 Å². The normalized spacial score (nSPS) is 10.0. The van der Waals surface area contributed by atoms with Crippen molar-refractivity contribution in [1.29, 1.82) is 5.26 Å². The average Bonchev–Trinajstić information content (AvgIpc) is 3.08. The summed E-state index contributed by atoms with van der Waals surface area (Å²) in [5.41, 5.74) is 4.02. The summed E-state index contributed by atoms with van der Waals surface area (Å²) >= 11 is 1.73. The van der Waals surface area contributed by atoms with Gasteiger partial charge in [0.2, 0.25) is 0 Å². The second kappa shape index (κ2) is 6.25. The van der Waals surface area contributed by atoms with Gasteiger partial charge < -0.3 is 5.32 Å². The first kappa shape index (κ1) is 13.4. The minimum absolute atomic E-state index is 0.645. The minimum atomic E-state index is 0.645. The third-order valence-electron chi connectivity index (χ3n) is 3.32. The first-order chi connectivity index (χ1) is 10.4. The molecule has 1 heterocycles. The number of nitrogens with one attached hydrogen (secondary N) is 1. The smallest absolute Gasteiger partial charge is 0.0995 e. The Morgan fingerprint density at radius 1 is 0.952 bits per heavy atom. The fourth-order valence-electron chi connectivity index (χ4n) is 2.26. The van der Waals surface area contributed by atoms with Gasteiger partial charge in [-0.3, -0.25) is 0 Å². The highest BCUT2D eigenvalue weighted by atomic mass is 32.1. The van der Waals surface area contributed by atoms with Crippen molar-refractivity contribution in [1.82, 2.24) is 0 Å². The van der Waals surface area contributed by atoms with Gasteiger partial charge in [0.15, 0.2) is 0 Å². The van der Waals surface area contributed by atoms with E-state index in [9.17, 15) is 0 Å². The van der Waals surface area contributed by atoms with Gasteiger partial charge in [-0.15, -0.1) is 11.3 Å². The number of thiophene rings is 1. The van der Waals surface area contributed by atoms with Crippen molar-refractivity contribution >= 4 is 17.0 Å². The molecule has 2 nitrogen and oxygen atoms in total. The molecule has 3 aromatic rings. The summed E-state index contributed by atoms with van der Waals surface area (Å²) in [6.07, 6.45) is 0. The monoisotopic (exact) mass is 290 g/mol. The molecule has 0 fully saturated rings. The van der Waals surface area contributed by atoms with Crippen molar-refractivity contribution in [2.45, 2.75) is 6.54 Å². The summed E-state index contributed by atoms with van der Waals surface area (Å²) in [4.78, 5) is 1.24. The van der Waals surface area contributed by atoms with Crippen molar-refractivity contribution in [3.05, 3.63) is 77.2 Å². The highest BCUT2D eigenvalue weighted by Gasteiger charge is 2.06. The lowest BCUT2D eigenvalue weighted by Crippen LogP contribution is -2.02. The van der Waals surface area contributed by atoms with E-state index in [0.29, 0.717) is 6.54 Å². The van der Waals surface area contributed by atoms with E-state index < -0.39 is 0 Å². The minimum Gasteiger partial charge on any atom is -0.380 e. The first-order valence-electron chi connectivity index (χ1n) is 6.73. The zero-order valence-electron chi connectivity index (χ0n) is 11.4. The van der Waals surface area contributed by atoms with Gasteiger partial charge >= 0.3 is 0 Å². The number of nitriles is 1. The third-order valence-corrected chi connectivity index (χ3v) is 4.22. The summed E-state index contributed by atoms with van der Waals surface area (Å²) in [5.74, 6) is 0. The van der Waals surface area contributed by atoms with Crippen LogP contribution in [0.3, 0.4) is 0 Å². The Balaban J connectivity index is 1.85. The summed E-state index contributed by atoms with van der Waals surface area (Å²) in [6.45, 7) is 0.645. The summed E-state index contributed by atoms with van der Waals surface area (Å²) in [6, 6.07) is 22.4. The van der Waals surface area contributed by atoms with Crippen molar-refractivity contribution in [2.24, 2.45) is 0 Å². The molecule has 102 valence electrons. The van der Waals surface area contributed by atoms with Gasteiger partial charge in [0.1, 0.15) is 0 Å². The molecule has 0 unspecified atom stereocenters. The van der Waals surface area contributed by atoms with Crippen LogP contribution in [0.1, 0.15) is 11.1 Å². The molecular weight excluding hydrogens is 276 g/mol. The van der Waals surface area contributed by atoms with Crippen LogP contribution >= 0.6 is 11.3 Å². The molecule has 1 aromatic heterocycles. The zero-order chi connectivity index (χ0) is 14.5. The molecule has 3 heteroatoms. The van der Waals surface area contributed by atoms with Gasteiger partial charge in [-0.05, 0) is 29.1 Å². The van der Waals surface area contributed by atoms with E-state index in [1.807, 2.05) is 36.4 Å². The summed E-state index contributed by atoms with van der Waals surface area (Å²) < 4.78 is 0. The molecule has 0 aliphatic rings. The molecule has 0 saturated carbocycles. The zero-order valence-corrected chi connectivity index (χ0v) is 12.2. The second-order valence-corrected chi connectivity index (χ2v) is 5.59. The Morgan fingerprint density at radius 2 is 1.76 bits per heavy atom. The molecular formula is C18H14N2S. The Kier molecular flexibility index (Phi) is 3.99. The van der Waals surface area contributed by atoms with E-state index in [4.69, 9.17) is 5.26 Å². The fraction of sp³-hybridized carbons (Fsp3) is 0.0556. The van der Waals surface area contributed by atoms with Crippen LogP contribution in [0.2, 0.25) is 0 Å². The maximum absolute atomic E-state index is 9.14. The van der Waals surface area contributed by atoms with Gasteiger partial charge in [-0.25, -0.2) is 0 Å². The van der Waals surface area contributed by atoms with Gasteiger partial charge in [-0.2, -0.15) is 5.26 Å². The molecule has 0 radical (unpaired) electrons. The number of rotatable bonds is 4. The van der Waals surface area contributed by atoms with Crippen LogP contribution in [0.25, 0.3) is 10.4 Å². The quantitative estimate of drug-likeness (QED) is 0.742. The Labute approximate surface area is 128 Å². The van der Waals surface area contributed by atoms with Crippen LogP contribution in [0.5, 0.6) is 0 Å². The summed E-state index contributed by atoms with van der Waals surface area (Å²) in [7, 11) is 0. The number of anilines is 1. The van der Waals surface area contributed by atoms with Gasteiger partial charge in [0.25, 0.3) is 0 Å². The highest BCUT2D eigenvalue weighted by Crippen LogP contribution is 2.31. The first-order valence-corrected chi connectivity index (χ1v) is 7.61. The Bertz CT molecular complexity index is 770. The lowest BCUT2D eigenvalue weighted by molar-refractivity contribution is 1.14. The van der Waals surface area contributed by atoms with E-state index in [1.54, 1.807) is 11.3 Å². The van der Waals surface area contributed by atoms with Gasteiger partial charge in [0, 0.05) is 22.7 Å². The number of nitrogens with zero attached hydrogens (tertiary/aromatic N) is 1. The molecule has 0 atom stereocenters. The summed E-state index contributed by atoms with van der Waals surface area (Å²) in [5, 5.41) is 14.7. The highest BCUT2D eigenvalue weighted by molar-refractivity contribution is 7.13. The molecule has 1 N–H and O–H groups in total. The second-order valence-electron chi connectivity index (χ2n) is 4.65. The number of para-hydroxylation sites is 1. The molecule has 0 aliphatic heterocycles. The standard InChI is InChI=1S/C18H14N2S/c19-12-14-6-1-2-7-15(14)13-20-17-9-4-3-8-16(17)18-10-5-11-21-18/h1-11,20H,13H2. The maximum atomic E-state index is 9.14. The number of benzene rings is 2. The number of hydrogen-bond donors (Lipinski definition) is 1. The van der Waals surface area contributed by atoms with Crippen LogP contribution in [0, 0.1) is 11.3 Å². The molecule has 0 spiro atoms. The van der Waals surface area contributed by atoms with E-state index in [-0.39, 0.29) is 0 Å². The van der Waals surface area contributed by atoms with Crippen LogP contribution in [-0.2, 0) is 6.54 Å². The van der Waals surface area contributed by atoms with Crippen LogP contribution in [0.4, 0.5) is 5.69 Å². The van der Waals surface area contributed by atoms with E-state index in [1.165, 1.54) is 10.4 Å². The third kappa shape index (κ3) is 2.96. The molecule has 0 saturated heterocycles. The molecule has 3 rings (SSSR count). The lowest BCUT2D eigenvalue weighted by Gasteiger charge is -2.11. The van der Waals surface area contributed by atoms with Gasteiger partial charge in [-0.1, -0.05) is 42.5 Å². The van der Waals surface area contributed by atoms with Crippen molar-refractivity contribution < 1.29 is 0 Å². The fourth-order valence-corrected chi connectivity index (χ4v) is 3.02. The molecule has 0 aliphatic carbocycles. The maximum Gasteiger partial charge on any atom is 0.0995 e. The molecule has 2 aromatic carbocycles. The largest absolute Gasteiger partial charge is 0.380 e. The molecule has 0 amide bonds. The Morgan fingerprint density at radius 3 is 2.57 bits per heavy atom. The van der Waals surface area contributed by atoms with Crippen molar-refractivity contribution in [2.75, 3.05) is 5.32 Å². The van der Waals surface area contributed by atoms with Crippen LogP contribution in [0.15, 0.2) is 66.0 Å². The SMILES string of the molecule is N#Cc1ccccc1CNc1ccccc1-c1cccs1. The number of hydrogen-bond acceptors (Lipinski definition) is 3. The van der Waals surface area contributed by atoms with Crippen molar-refractivity contribution in [3.63, 3.8) is 0 Å². The van der Waals surface area contributed by atoms with E-state index in [0.717, 1.165) is 16.8 Å². The van der Waals surface area contributed by atoms with Crippen LogP contribution in [-0.4, -0.2) is 0 Å². The average molecular weight is 290 g/mol. The lowest BCUT2D eigenvalue weighted by atomic mass is 10.1. The topological polar surface area (TPSA) is 35.8 Å². The predicted molar refractivity (Wildman–Crippen MR) is 88.2 cm³/mol. The van der Waals surface area contributed by atoms with Crippen molar-refractivity contribution in [3.8, 4) is 16.5 Å². The van der Waals surface area contributed by atoms with Crippen LogP contribution < -0.4 is 5.32 Å². The molecule has 21 heavy (non-hydrogen) atoms. The van der Waals surface area contributed by atoms with Gasteiger partial charge in [0.05, 0.1) is 11.6 Å². The Hall–Kier alpha value is -2.57. The predicted octanol–water partition coefficient (Wildman–Crippen LogP) is 4.90. The molecule has 0 bridgehead atoms.